The molecule has 1 aromatic carbocycles. The van der Waals surface area contributed by atoms with Crippen LogP contribution in [0.5, 0.6) is 5.75 Å². The Morgan fingerprint density at radius 2 is 2.12 bits per heavy atom. The minimum absolute atomic E-state index is 0.0206. The van der Waals surface area contributed by atoms with Crippen LogP contribution in [0, 0.1) is 6.92 Å². The number of aromatic nitrogens is 2. The van der Waals surface area contributed by atoms with Crippen LogP contribution >= 0.6 is 11.3 Å². The van der Waals surface area contributed by atoms with E-state index in [1.807, 2.05) is 47.3 Å². The van der Waals surface area contributed by atoms with Crippen LogP contribution in [0.4, 0.5) is 0 Å². The number of thiophene rings is 1. The van der Waals surface area contributed by atoms with Gasteiger partial charge in [0.1, 0.15) is 11.4 Å². The molecule has 2 aromatic heterocycles. The number of nitrogens with one attached hydrogen (secondary N) is 1. The van der Waals surface area contributed by atoms with Gasteiger partial charge in [-0.25, -0.2) is 0 Å². The lowest BCUT2D eigenvalue weighted by molar-refractivity contribution is -0.120. The number of methoxy groups -OCH3 is 1. The van der Waals surface area contributed by atoms with Crippen molar-refractivity contribution in [1.82, 2.24) is 15.1 Å². The van der Waals surface area contributed by atoms with Crippen molar-refractivity contribution in [3.8, 4) is 16.3 Å². The lowest BCUT2D eigenvalue weighted by Gasteiger charge is -2.09. The van der Waals surface area contributed by atoms with Crippen LogP contribution in [0.2, 0.25) is 0 Å². The Hall–Kier alpha value is -2.60. The normalized spacial score (nSPS) is 10.6. The molecule has 6 heteroatoms. The van der Waals surface area contributed by atoms with Gasteiger partial charge in [0, 0.05) is 17.8 Å². The third-order valence-electron chi connectivity index (χ3n) is 3.94. The zero-order valence-electron chi connectivity index (χ0n) is 14.4. The van der Waals surface area contributed by atoms with Crippen molar-refractivity contribution >= 4 is 17.2 Å². The molecule has 3 aromatic rings. The second-order valence-corrected chi connectivity index (χ2v) is 6.66. The maximum absolute atomic E-state index is 12.2. The van der Waals surface area contributed by atoms with E-state index in [4.69, 9.17) is 4.74 Å². The van der Waals surface area contributed by atoms with E-state index in [0.29, 0.717) is 19.5 Å². The molecule has 0 atom stereocenters. The summed E-state index contributed by atoms with van der Waals surface area (Å²) in [5.74, 6) is 0.717. The summed E-state index contributed by atoms with van der Waals surface area (Å²) in [4.78, 5) is 13.3. The SMILES string of the molecule is COc1ccccc1CC(=O)NCCn1nc(-c2cccs2)cc1C. The maximum Gasteiger partial charge on any atom is 0.224 e. The van der Waals surface area contributed by atoms with Gasteiger partial charge in [-0.2, -0.15) is 5.10 Å². The molecule has 5 nitrogen and oxygen atoms in total. The number of hydrogen-bond donors (Lipinski definition) is 1. The molecule has 0 aliphatic carbocycles. The second kappa shape index (κ2) is 7.98. The first kappa shape index (κ1) is 17.2. The molecule has 3 rings (SSSR count). The molecule has 0 aliphatic rings. The molecule has 130 valence electrons. The molecule has 0 spiro atoms. The van der Waals surface area contributed by atoms with E-state index < -0.39 is 0 Å². The Morgan fingerprint density at radius 3 is 2.88 bits per heavy atom. The van der Waals surface area contributed by atoms with Crippen LogP contribution in [0.15, 0.2) is 47.8 Å². The number of ether oxygens (including phenoxy) is 1. The predicted octanol–water partition coefficient (Wildman–Crippen LogP) is 3.29. The van der Waals surface area contributed by atoms with Crippen LogP contribution in [0.1, 0.15) is 11.3 Å². The highest BCUT2D eigenvalue weighted by Gasteiger charge is 2.10. The number of carbonyl (C=O) groups excluding carboxylic acids is 1. The number of amides is 1. The number of benzene rings is 1. The van der Waals surface area contributed by atoms with Crippen molar-refractivity contribution in [2.75, 3.05) is 13.7 Å². The van der Waals surface area contributed by atoms with E-state index in [0.717, 1.165) is 27.6 Å². The number of para-hydroxylation sites is 1. The quantitative estimate of drug-likeness (QED) is 0.707. The summed E-state index contributed by atoms with van der Waals surface area (Å²) in [7, 11) is 1.61. The number of carbonyl (C=O) groups is 1. The molecule has 0 bridgehead atoms. The average Bonchev–Trinajstić information content (AvgIpc) is 3.25. The topological polar surface area (TPSA) is 56.1 Å². The molecule has 25 heavy (non-hydrogen) atoms. The molecule has 2 heterocycles. The molecule has 0 unspecified atom stereocenters. The Bertz CT molecular complexity index is 840. The molecular weight excluding hydrogens is 334 g/mol. The molecule has 0 saturated heterocycles. The highest BCUT2D eigenvalue weighted by Crippen LogP contribution is 2.23. The van der Waals surface area contributed by atoms with Crippen LogP contribution in [0.25, 0.3) is 10.6 Å². The molecule has 1 amide bonds. The summed E-state index contributed by atoms with van der Waals surface area (Å²) < 4.78 is 7.21. The van der Waals surface area contributed by atoms with E-state index in [1.165, 1.54) is 0 Å². The second-order valence-electron chi connectivity index (χ2n) is 5.71. The fourth-order valence-corrected chi connectivity index (χ4v) is 3.35. The summed E-state index contributed by atoms with van der Waals surface area (Å²) in [5.41, 5.74) is 2.95. The van der Waals surface area contributed by atoms with E-state index in [9.17, 15) is 4.79 Å². The standard InChI is InChI=1S/C19H21N3O2S/c1-14-12-16(18-8-5-11-25-18)21-22(14)10-9-20-19(23)13-15-6-3-4-7-17(15)24-2/h3-8,11-12H,9-10,13H2,1-2H3,(H,20,23). The van der Waals surface area contributed by atoms with Crippen molar-refractivity contribution in [3.05, 3.63) is 59.1 Å². The lowest BCUT2D eigenvalue weighted by atomic mass is 10.1. The number of nitrogens with zero attached hydrogens (tertiary/aromatic N) is 2. The van der Waals surface area contributed by atoms with E-state index in [-0.39, 0.29) is 5.91 Å². The summed E-state index contributed by atoms with van der Waals surface area (Å²) in [6, 6.07) is 13.7. The van der Waals surface area contributed by atoms with Gasteiger partial charge in [-0.15, -0.1) is 11.3 Å². The fourth-order valence-electron chi connectivity index (χ4n) is 2.67. The number of rotatable bonds is 7. The minimum Gasteiger partial charge on any atom is -0.496 e. The first-order valence-corrected chi connectivity index (χ1v) is 9.02. The molecule has 0 aliphatic heterocycles. The van der Waals surface area contributed by atoms with Gasteiger partial charge in [0.05, 0.1) is 25.0 Å². The van der Waals surface area contributed by atoms with Gasteiger partial charge in [0.2, 0.25) is 5.91 Å². The molecule has 0 fully saturated rings. The largest absolute Gasteiger partial charge is 0.496 e. The highest BCUT2D eigenvalue weighted by atomic mass is 32.1. The Balaban J connectivity index is 1.53. The zero-order valence-corrected chi connectivity index (χ0v) is 15.2. The van der Waals surface area contributed by atoms with Crippen molar-refractivity contribution < 1.29 is 9.53 Å². The summed E-state index contributed by atoms with van der Waals surface area (Å²) in [5, 5.41) is 9.61. The van der Waals surface area contributed by atoms with Gasteiger partial charge < -0.3 is 10.1 Å². The molecule has 1 N–H and O–H groups in total. The average molecular weight is 355 g/mol. The minimum atomic E-state index is -0.0206. The summed E-state index contributed by atoms with van der Waals surface area (Å²) >= 11 is 1.67. The van der Waals surface area contributed by atoms with Crippen molar-refractivity contribution in [3.63, 3.8) is 0 Å². The van der Waals surface area contributed by atoms with Crippen LogP contribution < -0.4 is 10.1 Å². The van der Waals surface area contributed by atoms with Crippen molar-refractivity contribution in [2.24, 2.45) is 0 Å². The monoisotopic (exact) mass is 355 g/mol. The Labute approximate surface area is 151 Å². The maximum atomic E-state index is 12.2. The van der Waals surface area contributed by atoms with Gasteiger partial charge in [-0.05, 0) is 30.5 Å². The molecular formula is C19H21N3O2S. The lowest BCUT2D eigenvalue weighted by Crippen LogP contribution is -2.29. The predicted molar refractivity (Wildman–Crippen MR) is 100.0 cm³/mol. The van der Waals surface area contributed by atoms with Crippen molar-refractivity contribution in [1.29, 1.82) is 0 Å². The van der Waals surface area contributed by atoms with Crippen LogP contribution in [-0.2, 0) is 17.8 Å². The summed E-state index contributed by atoms with van der Waals surface area (Å²) in [6.45, 7) is 3.22. The van der Waals surface area contributed by atoms with E-state index in [1.54, 1.807) is 18.4 Å². The first-order chi connectivity index (χ1) is 12.2. The Morgan fingerprint density at radius 1 is 1.28 bits per heavy atom. The van der Waals surface area contributed by atoms with E-state index >= 15 is 0 Å². The van der Waals surface area contributed by atoms with Crippen LogP contribution in [0.3, 0.4) is 0 Å². The summed E-state index contributed by atoms with van der Waals surface area (Å²) in [6.07, 6.45) is 0.308. The zero-order chi connectivity index (χ0) is 17.6. The molecule has 0 saturated carbocycles. The Kier molecular flexibility index (Phi) is 5.50. The van der Waals surface area contributed by atoms with Gasteiger partial charge in [-0.3, -0.25) is 9.48 Å². The fraction of sp³-hybridized carbons (Fsp3) is 0.263. The molecule has 0 radical (unpaired) electrons. The smallest absolute Gasteiger partial charge is 0.224 e. The van der Waals surface area contributed by atoms with Crippen molar-refractivity contribution in [2.45, 2.75) is 19.9 Å². The van der Waals surface area contributed by atoms with Gasteiger partial charge >= 0.3 is 0 Å². The van der Waals surface area contributed by atoms with Gasteiger partial charge in [0.25, 0.3) is 0 Å². The number of hydrogen-bond acceptors (Lipinski definition) is 4. The highest BCUT2D eigenvalue weighted by molar-refractivity contribution is 7.13. The van der Waals surface area contributed by atoms with Gasteiger partial charge in [0.15, 0.2) is 0 Å². The first-order valence-electron chi connectivity index (χ1n) is 8.14. The van der Waals surface area contributed by atoms with Gasteiger partial charge in [-0.1, -0.05) is 24.3 Å². The van der Waals surface area contributed by atoms with Crippen LogP contribution in [-0.4, -0.2) is 29.3 Å². The number of aryl methyl sites for hydroxylation is 1. The third kappa shape index (κ3) is 4.28. The third-order valence-corrected chi connectivity index (χ3v) is 4.84. The van der Waals surface area contributed by atoms with E-state index in [2.05, 4.69) is 22.5 Å².